The van der Waals surface area contributed by atoms with Gasteiger partial charge < -0.3 is 4.74 Å². The Bertz CT molecular complexity index is 745. The Hall–Kier alpha value is -1.45. The van der Waals surface area contributed by atoms with Crippen LogP contribution in [0.5, 0.6) is 0 Å². The van der Waals surface area contributed by atoms with Crippen LogP contribution >= 0.6 is 23.4 Å². The quantitative estimate of drug-likeness (QED) is 0.461. The van der Waals surface area contributed by atoms with Gasteiger partial charge in [-0.1, -0.05) is 43.6 Å². The van der Waals surface area contributed by atoms with Gasteiger partial charge in [0.05, 0.1) is 12.9 Å². The number of rotatable bonds is 6. The number of carbonyl (C=O) groups excluding carboxylic acids is 1. The van der Waals surface area contributed by atoms with Gasteiger partial charge in [-0.3, -0.25) is 4.79 Å². The number of carbonyl (C=O) groups is 1. The summed E-state index contributed by atoms with van der Waals surface area (Å²) in [6.45, 7) is 8.67. The number of benzene rings is 2. The topological polar surface area (TPSA) is 26.3 Å². The van der Waals surface area contributed by atoms with Crippen LogP contribution in [0.4, 0.5) is 0 Å². The monoisotopic (exact) mass is 376 g/mol. The minimum absolute atomic E-state index is 0.233. The summed E-state index contributed by atoms with van der Waals surface area (Å²) >= 11 is 7.98. The van der Waals surface area contributed by atoms with Crippen LogP contribution in [0.25, 0.3) is 0 Å². The molecule has 4 heteroatoms. The number of aryl methyl sites for hydroxylation is 2. The summed E-state index contributed by atoms with van der Waals surface area (Å²) in [6.07, 6.45) is 0.812. The van der Waals surface area contributed by atoms with E-state index in [9.17, 15) is 4.79 Å². The molecule has 2 aromatic carbocycles. The van der Waals surface area contributed by atoms with Crippen LogP contribution in [-0.4, -0.2) is 18.8 Å². The molecule has 0 aromatic heterocycles. The summed E-state index contributed by atoms with van der Waals surface area (Å²) in [5.41, 5.74) is 6.27. The highest BCUT2D eigenvalue weighted by Crippen LogP contribution is 2.31. The van der Waals surface area contributed by atoms with Crippen LogP contribution in [0.15, 0.2) is 35.2 Å². The van der Waals surface area contributed by atoms with Crippen LogP contribution in [0.1, 0.15) is 47.6 Å². The van der Waals surface area contributed by atoms with E-state index in [4.69, 9.17) is 11.6 Å². The smallest absolute Gasteiger partial charge is 0.315 e. The molecule has 0 aliphatic heterocycles. The van der Waals surface area contributed by atoms with E-state index in [0.29, 0.717) is 11.7 Å². The second-order valence-corrected chi connectivity index (χ2v) is 8.04. The van der Waals surface area contributed by atoms with E-state index >= 15 is 0 Å². The largest absolute Gasteiger partial charge is 0.468 e. The van der Waals surface area contributed by atoms with Crippen LogP contribution in [0, 0.1) is 13.8 Å². The van der Waals surface area contributed by atoms with Gasteiger partial charge >= 0.3 is 5.97 Å². The van der Waals surface area contributed by atoms with Gasteiger partial charge in [0.2, 0.25) is 0 Å². The number of thioether (sulfide) groups is 1. The number of hydrogen-bond acceptors (Lipinski definition) is 3. The lowest BCUT2D eigenvalue weighted by Gasteiger charge is -2.15. The van der Waals surface area contributed by atoms with Crippen LogP contribution < -0.4 is 0 Å². The van der Waals surface area contributed by atoms with Crippen molar-refractivity contribution in [1.29, 1.82) is 0 Å². The van der Waals surface area contributed by atoms with Crippen molar-refractivity contribution in [3.8, 4) is 0 Å². The molecule has 0 saturated heterocycles. The number of hydrogen-bond donors (Lipinski definition) is 0. The van der Waals surface area contributed by atoms with Gasteiger partial charge in [0.25, 0.3) is 0 Å². The molecule has 134 valence electrons. The Morgan fingerprint density at radius 2 is 1.88 bits per heavy atom. The molecule has 0 radical (unpaired) electrons. The first kappa shape index (κ1) is 19.9. The highest BCUT2D eigenvalue weighted by atomic mass is 35.5. The van der Waals surface area contributed by atoms with Crippen molar-refractivity contribution in [3.63, 3.8) is 0 Å². The van der Waals surface area contributed by atoms with E-state index in [-0.39, 0.29) is 5.97 Å². The zero-order valence-corrected chi connectivity index (χ0v) is 17.1. The third-order valence-corrected chi connectivity index (χ3v) is 5.61. The molecule has 0 saturated carbocycles. The molecular weight excluding hydrogens is 352 g/mol. The summed E-state index contributed by atoms with van der Waals surface area (Å²) in [5, 5.41) is 0.749. The molecule has 0 amide bonds. The third kappa shape index (κ3) is 5.26. The molecule has 0 spiro atoms. The van der Waals surface area contributed by atoms with Gasteiger partial charge in [-0.05, 0) is 66.1 Å². The van der Waals surface area contributed by atoms with Gasteiger partial charge in [-0.2, -0.15) is 0 Å². The molecule has 0 bridgehead atoms. The molecule has 0 aliphatic rings. The predicted octanol–water partition coefficient (Wildman–Crippen LogP) is 5.94. The maximum absolute atomic E-state index is 11.3. The fraction of sp³-hybridized carbons (Fsp3) is 0.381. The lowest BCUT2D eigenvalue weighted by Crippen LogP contribution is -2.03. The Kier molecular flexibility index (Phi) is 6.97. The maximum atomic E-state index is 11.3. The molecule has 2 aromatic rings. The van der Waals surface area contributed by atoms with E-state index in [1.807, 2.05) is 6.07 Å². The number of methoxy groups -OCH3 is 1. The van der Waals surface area contributed by atoms with Crippen molar-refractivity contribution < 1.29 is 9.53 Å². The maximum Gasteiger partial charge on any atom is 0.315 e. The van der Waals surface area contributed by atoms with Crippen LogP contribution in [0.3, 0.4) is 0 Å². The highest BCUT2D eigenvalue weighted by Gasteiger charge is 2.11. The predicted molar refractivity (Wildman–Crippen MR) is 107 cm³/mol. The second kappa shape index (κ2) is 8.77. The normalized spacial score (nSPS) is 11.0. The highest BCUT2D eigenvalue weighted by molar-refractivity contribution is 8.00. The van der Waals surface area contributed by atoms with Gasteiger partial charge in [0.15, 0.2) is 0 Å². The first-order valence-corrected chi connectivity index (χ1v) is 9.76. The minimum Gasteiger partial charge on any atom is -0.468 e. The van der Waals surface area contributed by atoms with Crippen molar-refractivity contribution in [1.82, 2.24) is 0 Å². The second-order valence-electron chi connectivity index (χ2n) is 6.59. The fourth-order valence-electron chi connectivity index (χ4n) is 2.88. The molecule has 0 aliphatic carbocycles. The standard InChI is InChI=1S/C21H25ClO2S/c1-13(2)18-9-16(7-6-14(18)3)10-19-15(4)8-17(11-20(19)22)25-12-21(23)24-5/h6-9,11,13H,10,12H2,1-5H3. The summed E-state index contributed by atoms with van der Waals surface area (Å²) in [4.78, 5) is 12.3. The molecule has 25 heavy (non-hydrogen) atoms. The van der Waals surface area contributed by atoms with Gasteiger partial charge in [-0.25, -0.2) is 0 Å². The van der Waals surface area contributed by atoms with Gasteiger partial charge in [-0.15, -0.1) is 11.8 Å². The van der Waals surface area contributed by atoms with E-state index in [1.165, 1.54) is 35.6 Å². The van der Waals surface area contributed by atoms with Crippen LogP contribution in [-0.2, 0) is 16.0 Å². The van der Waals surface area contributed by atoms with Gasteiger partial charge in [0.1, 0.15) is 0 Å². The lowest BCUT2D eigenvalue weighted by molar-refractivity contribution is -0.137. The number of halogens is 1. The molecule has 0 atom stereocenters. The molecule has 2 nitrogen and oxygen atoms in total. The third-order valence-electron chi connectivity index (χ3n) is 4.32. The molecular formula is C21H25ClO2S. The zero-order valence-electron chi connectivity index (χ0n) is 15.5. The summed E-state index contributed by atoms with van der Waals surface area (Å²) < 4.78 is 4.68. The van der Waals surface area contributed by atoms with E-state index in [2.05, 4.69) is 56.7 Å². The van der Waals surface area contributed by atoms with Crippen molar-refractivity contribution in [3.05, 3.63) is 63.2 Å². The first-order valence-electron chi connectivity index (χ1n) is 8.40. The lowest BCUT2D eigenvalue weighted by atomic mass is 9.93. The molecule has 0 unspecified atom stereocenters. The van der Waals surface area contributed by atoms with E-state index < -0.39 is 0 Å². The van der Waals surface area contributed by atoms with Gasteiger partial charge in [0, 0.05) is 9.92 Å². The Labute approximate surface area is 159 Å². The average Bonchev–Trinajstić information content (AvgIpc) is 2.57. The van der Waals surface area contributed by atoms with Crippen LogP contribution in [0.2, 0.25) is 5.02 Å². The minimum atomic E-state index is -0.233. The van der Waals surface area contributed by atoms with Crippen molar-refractivity contribution in [2.75, 3.05) is 12.9 Å². The molecule has 0 N–H and O–H groups in total. The average molecular weight is 377 g/mol. The Morgan fingerprint density at radius 1 is 1.16 bits per heavy atom. The summed E-state index contributed by atoms with van der Waals surface area (Å²) in [6, 6.07) is 10.7. The number of ether oxygens (including phenoxy) is 1. The molecule has 0 fully saturated rings. The first-order chi connectivity index (χ1) is 11.8. The van der Waals surface area contributed by atoms with Crippen molar-refractivity contribution >= 4 is 29.3 Å². The zero-order chi connectivity index (χ0) is 18.6. The molecule has 0 heterocycles. The van der Waals surface area contributed by atoms with Crippen molar-refractivity contribution in [2.24, 2.45) is 0 Å². The summed E-state index contributed by atoms with van der Waals surface area (Å²) in [5.74, 6) is 0.568. The van der Waals surface area contributed by atoms with E-state index in [0.717, 1.165) is 27.5 Å². The number of esters is 1. The van der Waals surface area contributed by atoms with E-state index in [1.54, 1.807) is 0 Å². The fourth-order valence-corrected chi connectivity index (χ4v) is 4.14. The Morgan fingerprint density at radius 3 is 2.48 bits per heavy atom. The SMILES string of the molecule is COC(=O)CSc1cc(C)c(Cc2ccc(C)c(C(C)C)c2)c(Cl)c1. The Balaban J connectivity index is 2.23. The molecule has 2 rings (SSSR count). The van der Waals surface area contributed by atoms with Crippen molar-refractivity contribution in [2.45, 2.75) is 44.9 Å². The summed E-state index contributed by atoms with van der Waals surface area (Å²) in [7, 11) is 1.40.